The molecular formula is C14H5F21O3. The molecule has 0 bridgehead atoms. The Balaban J connectivity index is 3.65. The van der Waals surface area contributed by atoms with Gasteiger partial charge in [-0.3, -0.25) is 0 Å². The molecule has 1 unspecified atom stereocenters. The van der Waals surface area contributed by atoms with Crippen LogP contribution < -0.4 is 0 Å². The molecule has 38 heavy (non-hydrogen) atoms. The van der Waals surface area contributed by atoms with E-state index in [1.165, 1.54) is 0 Å². The van der Waals surface area contributed by atoms with Gasteiger partial charge in [-0.25, -0.2) is 4.79 Å². The fourth-order valence-corrected chi connectivity index (χ4v) is 2.11. The van der Waals surface area contributed by atoms with Crippen molar-refractivity contribution in [1.82, 2.24) is 0 Å². The molecule has 24 heteroatoms. The highest BCUT2D eigenvalue weighted by atomic mass is 19.4. The number of epoxide rings is 1. The van der Waals surface area contributed by atoms with Crippen molar-refractivity contribution in [3.05, 3.63) is 0 Å². The summed E-state index contributed by atoms with van der Waals surface area (Å²) in [6.07, 6.45) is -9.40. The monoisotopic (exact) mass is 620 g/mol. The number of rotatable bonds is 11. The molecule has 1 rings (SSSR count). The minimum Gasteiger partial charge on any atom is -0.458 e. The lowest BCUT2D eigenvalue weighted by molar-refractivity contribution is -0.473. The molecule has 0 radical (unpaired) electrons. The van der Waals surface area contributed by atoms with Crippen LogP contribution in [0.4, 0.5) is 92.2 Å². The van der Waals surface area contributed by atoms with E-state index in [1.807, 2.05) is 0 Å². The molecule has 0 aromatic rings. The SMILES string of the molecule is O=C(OCC1CO1)C(F)(F)C(F)(F)C(F)(F)C(F)(F)C(F)(F)C(F)(F)C(F)(F)C(F)(F)C(F)(F)C(F)(F)F. The molecule has 1 atom stereocenters. The Morgan fingerprint density at radius 3 is 1.05 bits per heavy atom. The minimum atomic E-state index is -9.26. The highest BCUT2D eigenvalue weighted by molar-refractivity contribution is 5.79. The van der Waals surface area contributed by atoms with Crippen molar-refractivity contribution in [2.24, 2.45) is 0 Å². The van der Waals surface area contributed by atoms with Crippen LogP contribution in [-0.4, -0.2) is 84.8 Å². The largest absolute Gasteiger partial charge is 0.460 e. The van der Waals surface area contributed by atoms with Crippen LogP contribution in [0.25, 0.3) is 0 Å². The molecule has 1 aliphatic rings. The summed E-state index contributed by atoms with van der Waals surface area (Å²) in [6.45, 7) is -1.95. The van der Waals surface area contributed by atoms with Crippen molar-refractivity contribution >= 4 is 5.97 Å². The quantitative estimate of drug-likeness (QED) is 0.157. The van der Waals surface area contributed by atoms with Gasteiger partial charge in [0, 0.05) is 0 Å². The summed E-state index contributed by atoms with van der Waals surface area (Å²) in [6, 6.07) is 0. The Hall–Kier alpha value is -2.04. The Kier molecular flexibility index (Phi) is 7.81. The van der Waals surface area contributed by atoms with Crippen molar-refractivity contribution in [2.45, 2.75) is 65.6 Å². The molecule has 1 saturated heterocycles. The molecule has 3 nitrogen and oxygen atoms in total. The average molecular weight is 620 g/mol. The van der Waals surface area contributed by atoms with E-state index in [4.69, 9.17) is 0 Å². The van der Waals surface area contributed by atoms with Crippen LogP contribution in [0.15, 0.2) is 0 Å². The van der Waals surface area contributed by atoms with Gasteiger partial charge in [0.05, 0.1) is 6.61 Å². The Bertz CT molecular complexity index is 899. The van der Waals surface area contributed by atoms with Gasteiger partial charge in [0.1, 0.15) is 12.7 Å². The number of esters is 1. The molecule has 0 saturated carbocycles. The first-order valence-electron chi connectivity index (χ1n) is 8.51. The second-order valence-corrected chi connectivity index (χ2v) is 7.22. The fourth-order valence-electron chi connectivity index (χ4n) is 2.11. The first-order valence-corrected chi connectivity index (χ1v) is 8.51. The van der Waals surface area contributed by atoms with Gasteiger partial charge in [0.25, 0.3) is 0 Å². The van der Waals surface area contributed by atoms with Crippen LogP contribution in [-0.2, 0) is 14.3 Å². The van der Waals surface area contributed by atoms with E-state index in [1.54, 1.807) is 0 Å². The second-order valence-electron chi connectivity index (χ2n) is 7.22. The van der Waals surface area contributed by atoms with Gasteiger partial charge >= 0.3 is 65.4 Å². The van der Waals surface area contributed by atoms with Crippen molar-refractivity contribution in [3.63, 3.8) is 0 Å². The summed E-state index contributed by atoms with van der Waals surface area (Å²) in [5.41, 5.74) is 0. The summed E-state index contributed by atoms with van der Waals surface area (Å²) < 4.78 is 284. The zero-order chi connectivity index (χ0) is 31.0. The second kappa shape index (κ2) is 8.73. The molecule has 0 spiro atoms. The van der Waals surface area contributed by atoms with Gasteiger partial charge in [0.2, 0.25) is 0 Å². The molecule has 0 N–H and O–H groups in total. The molecule has 1 fully saturated rings. The predicted octanol–water partition coefficient (Wildman–Crippen LogP) is 6.21. The number of hydrogen-bond donors (Lipinski definition) is 0. The zero-order valence-corrected chi connectivity index (χ0v) is 16.7. The molecule has 0 aliphatic carbocycles. The van der Waals surface area contributed by atoms with Crippen molar-refractivity contribution in [2.75, 3.05) is 13.2 Å². The summed E-state index contributed by atoms with van der Waals surface area (Å²) >= 11 is 0. The van der Waals surface area contributed by atoms with E-state index in [2.05, 4.69) is 9.47 Å². The molecule has 226 valence electrons. The highest BCUT2D eigenvalue weighted by Crippen LogP contribution is 2.66. The first-order chi connectivity index (χ1) is 16.2. The number of carbonyl (C=O) groups is 1. The van der Waals surface area contributed by atoms with Crippen molar-refractivity contribution < 1.29 is 106 Å². The van der Waals surface area contributed by atoms with E-state index in [0.29, 0.717) is 0 Å². The molecule has 1 heterocycles. The van der Waals surface area contributed by atoms with Crippen molar-refractivity contribution in [3.8, 4) is 0 Å². The van der Waals surface area contributed by atoms with Gasteiger partial charge in [-0.15, -0.1) is 0 Å². The maximum atomic E-state index is 13.6. The fraction of sp³-hybridized carbons (Fsp3) is 0.929. The Morgan fingerprint density at radius 1 is 0.526 bits per heavy atom. The van der Waals surface area contributed by atoms with Crippen LogP contribution in [0.5, 0.6) is 0 Å². The molecule has 1 aliphatic heterocycles. The zero-order valence-electron chi connectivity index (χ0n) is 16.7. The van der Waals surface area contributed by atoms with E-state index in [9.17, 15) is 97.0 Å². The van der Waals surface area contributed by atoms with Crippen molar-refractivity contribution in [1.29, 1.82) is 0 Å². The maximum Gasteiger partial charge on any atom is 0.460 e. The van der Waals surface area contributed by atoms with Crippen LogP contribution in [0.3, 0.4) is 0 Å². The normalized spacial score (nSPS) is 19.4. The predicted molar refractivity (Wildman–Crippen MR) is 71.3 cm³/mol. The van der Waals surface area contributed by atoms with Gasteiger partial charge in [-0.2, -0.15) is 92.2 Å². The third-order valence-corrected chi connectivity index (χ3v) is 4.57. The number of halogens is 21. The lowest BCUT2D eigenvalue weighted by atomic mass is 9.86. The topological polar surface area (TPSA) is 38.8 Å². The Labute approximate surface area is 192 Å². The molecule has 0 amide bonds. The number of ether oxygens (including phenoxy) is 2. The molecule has 0 aromatic carbocycles. The van der Waals surface area contributed by atoms with Crippen LogP contribution in [0, 0.1) is 0 Å². The summed E-state index contributed by atoms with van der Waals surface area (Å²) in [7, 11) is 0. The van der Waals surface area contributed by atoms with Crippen LogP contribution in [0.2, 0.25) is 0 Å². The lowest BCUT2D eigenvalue weighted by Crippen LogP contribution is -2.77. The molecular weight excluding hydrogens is 615 g/mol. The van der Waals surface area contributed by atoms with Gasteiger partial charge in [0.15, 0.2) is 0 Å². The highest BCUT2D eigenvalue weighted by Gasteiger charge is 2.98. The third kappa shape index (κ3) is 4.27. The summed E-state index contributed by atoms with van der Waals surface area (Å²) in [5.74, 6) is -82.8. The third-order valence-electron chi connectivity index (χ3n) is 4.57. The average Bonchev–Trinajstić information content (AvgIpc) is 3.54. The number of alkyl halides is 21. The van der Waals surface area contributed by atoms with E-state index < -0.39 is 84.8 Å². The maximum absolute atomic E-state index is 13.6. The number of carbonyl (C=O) groups excluding carboxylic acids is 1. The van der Waals surface area contributed by atoms with E-state index >= 15 is 0 Å². The molecule has 0 aromatic heterocycles. The lowest BCUT2D eigenvalue weighted by Gasteiger charge is -2.44. The minimum absolute atomic E-state index is 0.447. The number of hydrogen-bond acceptors (Lipinski definition) is 3. The van der Waals surface area contributed by atoms with Gasteiger partial charge < -0.3 is 9.47 Å². The van der Waals surface area contributed by atoms with Crippen LogP contribution in [0.1, 0.15) is 0 Å². The van der Waals surface area contributed by atoms with Gasteiger partial charge in [-0.1, -0.05) is 0 Å². The van der Waals surface area contributed by atoms with Gasteiger partial charge in [-0.05, 0) is 0 Å². The van der Waals surface area contributed by atoms with Crippen LogP contribution >= 0.6 is 0 Å². The Morgan fingerprint density at radius 2 is 0.789 bits per heavy atom. The summed E-state index contributed by atoms with van der Waals surface area (Å²) in [4.78, 5) is 10.9. The van der Waals surface area contributed by atoms with E-state index in [-0.39, 0.29) is 0 Å². The first kappa shape index (κ1) is 34.0. The van der Waals surface area contributed by atoms with E-state index in [0.717, 1.165) is 0 Å². The summed E-state index contributed by atoms with van der Waals surface area (Å²) in [5, 5.41) is 0. The standard InChI is InChI=1S/C14H5F21O3/c15-5(16,4(36)38-2-3-1-37-3)6(17,18)7(19,20)8(21,22)9(23,24)10(25,26)11(27,28)12(29,30)13(31,32)14(33,34)35/h3H,1-2H2. The smallest absolute Gasteiger partial charge is 0.458 e.